The molecule has 2 bridgehead atoms. The second-order valence-electron chi connectivity index (χ2n) is 8.06. The maximum atomic E-state index is 12.1. The van der Waals surface area contributed by atoms with E-state index in [1.54, 1.807) is 14.1 Å². The van der Waals surface area contributed by atoms with E-state index in [1.807, 2.05) is 30.3 Å². The molecule has 3 heterocycles. The van der Waals surface area contributed by atoms with E-state index < -0.39 is 10.2 Å². The zero-order valence-electron chi connectivity index (χ0n) is 16.0. The van der Waals surface area contributed by atoms with E-state index in [0.717, 1.165) is 38.2 Å². The number of fused-ring (bicyclic) bond motifs is 1. The van der Waals surface area contributed by atoms with Gasteiger partial charge in [0.05, 0.1) is 11.7 Å². The molecule has 150 valence electrons. The maximum Gasteiger partial charge on any atom is 0.278 e. The van der Waals surface area contributed by atoms with Crippen molar-refractivity contribution in [3.05, 3.63) is 30.3 Å². The molecule has 4 rings (SSSR count). The van der Waals surface area contributed by atoms with Crippen LogP contribution in [0.4, 0.5) is 0 Å². The lowest BCUT2D eigenvalue weighted by molar-refractivity contribution is 0.00204. The summed E-state index contributed by atoms with van der Waals surface area (Å²) in [6, 6.07) is 9.86. The number of para-hydroxylation sites is 1. The highest BCUT2D eigenvalue weighted by molar-refractivity contribution is 7.87. The Bertz CT molecular complexity index is 757. The lowest BCUT2D eigenvalue weighted by Gasteiger charge is -2.29. The van der Waals surface area contributed by atoms with E-state index in [4.69, 9.17) is 9.47 Å². The van der Waals surface area contributed by atoms with Gasteiger partial charge in [-0.3, -0.25) is 4.90 Å². The van der Waals surface area contributed by atoms with Crippen molar-refractivity contribution in [3.63, 3.8) is 0 Å². The predicted molar refractivity (Wildman–Crippen MR) is 103 cm³/mol. The molecule has 3 saturated heterocycles. The zero-order valence-corrected chi connectivity index (χ0v) is 16.8. The molecule has 3 aliphatic rings. The normalized spacial score (nSPS) is 32.9. The summed E-state index contributed by atoms with van der Waals surface area (Å²) in [5.74, 6) is 1.52. The fourth-order valence-corrected chi connectivity index (χ4v) is 5.53. The van der Waals surface area contributed by atoms with Crippen LogP contribution in [0.3, 0.4) is 0 Å². The van der Waals surface area contributed by atoms with Gasteiger partial charge < -0.3 is 9.47 Å². The van der Waals surface area contributed by atoms with Crippen LogP contribution in [-0.2, 0) is 14.9 Å². The van der Waals surface area contributed by atoms with Crippen molar-refractivity contribution in [2.75, 3.05) is 46.9 Å². The minimum Gasteiger partial charge on any atom is -0.492 e. The van der Waals surface area contributed by atoms with Crippen LogP contribution in [0, 0.1) is 11.8 Å². The number of hydrogen-bond acceptors (Lipinski definition) is 5. The lowest BCUT2D eigenvalue weighted by Crippen LogP contribution is -2.44. The Morgan fingerprint density at radius 1 is 1.33 bits per heavy atom. The minimum absolute atomic E-state index is 0.0916. The summed E-state index contributed by atoms with van der Waals surface area (Å²) in [5, 5.41) is 0. The van der Waals surface area contributed by atoms with Crippen LogP contribution >= 0.6 is 0 Å². The van der Waals surface area contributed by atoms with Crippen molar-refractivity contribution in [1.29, 1.82) is 0 Å². The Labute approximate surface area is 161 Å². The molecule has 1 N–H and O–H groups in total. The van der Waals surface area contributed by atoms with Crippen molar-refractivity contribution in [2.45, 2.75) is 24.5 Å². The van der Waals surface area contributed by atoms with Gasteiger partial charge in [0, 0.05) is 52.1 Å². The first-order valence-corrected chi connectivity index (χ1v) is 11.1. The van der Waals surface area contributed by atoms with Crippen LogP contribution in [0.5, 0.6) is 5.75 Å². The second kappa shape index (κ2) is 7.33. The highest BCUT2D eigenvalue weighted by Crippen LogP contribution is 2.54. The molecule has 27 heavy (non-hydrogen) atoms. The lowest BCUT2D eigenvalue weighted by atomic mass is 9.74. The fourth-order valence-electron chi connectivity index (χ4n) is 4.87. The van der Waals surface area contributed by atoms with Crippen LogP contribution in [0.1, 0.15) is 12.8 Å². The third-order valence-electron chi connectivity index (χ3n) is 6.26. The Morgan fingerprint density at radius 2 is 2.11 bits per heavy atom. The molecule has 0 saturated carbocycles. The topological polar surface area (TPSA) is 71.1 Å². The summed E-state index contributed by atoms with van der Waals surface area (Å²) < 4.78 is 40.3. The smallest absolute Gasteiger partial charge is 0.278 e. The molecule has 7 nitrogen and oxygen atoms in total. The van der Waals surface area contributed by atoms with E-state index in [0.29, 0.717) is 19.1 Å². The number of hydrogen-bond donors (Lipinski definition) is 1. The van der Waals surface area contributed by atoms with E-state index in [1.165, 1.54) is 4.31 Å². The molecule has 0 unspecified atom stereocenters. The first kappa shape index (κ1) is 19.1. The third-order valence-corrected chi connectivity index (χ3v) is 7.75. The van der Waals surface area contributed by atoms with Gasteiger partial charge in [0.25, 0.3) is 10.2 Å². The summed E-state index contributed by atoms with van der Waals surface area (Å²) in [4.78, 5) is 2.41. The molecule has 0 aromatic heterocycles. The molecule has 3 aliphatic heterocycles. The van der Waals surface area contributed by atoms with E-state index in [9.17, 15) is 8.42 Å². The van der Waals surface area contributed by atoms with Crippen molar-refractivity contribution in [3.8, 4) is 5.75 Å². The van der Waals surface area contributed by atoms with Gasteiger partial charge in [-0.2, -0.15) is 12.7 Å². The van der Waals surface area contributed by atoms with Crippen LogP contribution in [0.2, 0.25) is 0 Å². The molecule has 0 aliphatic carbocycles. The number of ether oxygens (including phenoxy) is 2. The predicted octanol–water partition coefficient (Wildman–Crippen LogP) is 0.941. The van der Waals surface area contributed by atoms with E-state index in [2.05, 4.69) is 9.62 Å². The number of rotatable bonds is 8. The molecule has 0 amide bonds. The van der Waals surface area contributed by atoms with Crippen LogP contribution in [0.25, 0.3) is 0 Å². The van der Waals surface area contributed by atoms with Crippen molar-refractivity contribution < 1.29 is 17.9 Å². The average molecular weight is 396 g/mol. The average Bonchev–Trinajstić information content (AvgIpc) is 3.29. The van der Waals surface area contributed by atoms with Crippen molar-refractivity contribution in [1.82, 2.24) is 13.9 Å². The summed E-state index contributed by atoms with van der Waals surface area (Å²) in [7, 11) is -0.304. The van der Waals surface area contributed by atoms with Gasteiger partial charge in [0.1, 0.15) is 12.4 Å². The molecular formula is C19H29N3O4S. The Balaban J connectivity index is 1.33. The highest BCUT2D eigenvalue weighted by Gasteiger charge is 2.62. The molecule has 1 spiro atoms. The van der Waals surface area contributed by atoms with Gasteiger partial charge in [0.15, 0.2) is 0 Å². The molecular weight excluding hydrogens is 366 g/mol. The van der Waals surface area contributed by atoms with Gasteiger partial charge in [-0.25, -0.2) is 4.72 Å². The molecule has 8 heteroatoms. The van der Waals surface area contributed by atoms with Gasteiger partial charge in [-0.1, -0.05) is 18.2 Å². The Morgan fingerprint density at radius 3 is 2.85 bits per heavy atom. The van der Waals surface area contributed by atoms with Crippen LogP contribution in [-0.4, -0.2) is 76.2 Å². The third kappa shape index (κ3) is 3.73. The molecule has 4 atom stereocenters. The first-order chi connectivity index (χ1) is 12.9. The Hall–Kier alpha value is -1.19. The maximum absolute atomic E-state index is 12.1. The summed E-state index contributed by atoms with van der Waals surface area (Å²) in [6.45, 7) is 3.82. The molecule has 1 aromatic carbocycles. The largest absolute Gasteiger partial charge is 0.492 e. The molecule has 1 aromatic rings. The first-order valence-electron chi connectivity index (χ1n) is 9.65. The van der Waals surface area contributed by atoms with Crippen LogP contribution < -0.4 is 9.46 Å². The van der Waals surface area contributed by atoms with Crippen molar-refractivity contribution >= 4 is 10.2 Å². The zero-order chi connectivity index (χ0) is 19.1. The molecule has 0 radical (unpaired) electrons. The Kier molecular flexibility index (Phi) is 5.20. The number of nitrogens with zero attached hydrogens (tertiary/aromatic N) is 2. The second-order valence-corrected chi connectivity index (χ2v) is 10.0. The minimum atomic E-state index is -3.40. The summed E-state index contributed by atoms with van der Waals surface area (Å²) >= 11 is 0. The molecule has 3 fully saturated rings. The highest BCUT2D eigenvalue weighted by atomic mass is 32.2. The number of nitrogens with one attached hydrogen (secondary N) is 1. The van der Waals surface area contributed by atoms with Gasteiger partial charge in [-0.15, -0.1) is 0 Å². The van der Waals surface area contributed by atoms with E-state index in [-0.39, 0.29) is 17.6 Å². The van der Waals surface area contributed by atoms with Gasteiger partial charge in [-0.05, 0) is 25.0 Å². The quantitative estimate of drug-likeness (QED) is 0.709. The SMILES string of the molecule is CN(C)S(=O)(=O)NC[C@H]1[C@H]2CN(CCOc3ccccc3)C[C@]23CC[C@H]1O3. The monoisotopic (exact) mass is 395 g/mol. The standard InChI is InChI=1S/C19H29N3O4S/c1-21(2)27(23,24)20-12-16-17-13-22(14-19(17)9-8-18(16)26-19)10-11-25-15-6-4-3-5-7-15/h3-7,16-18,20H,8-14H2,1-2H3/t16-,17+,18+,19+/m0/s1. The number of likely N-dealkylation sites (tertiary alicyclic amines) is 1. The number of benzene rings is 1. The van der Waals surface area contributed by atoms with Crippen LogP contribution in [0.15, 0.2) is 30.3 Å². The van der Waals surface area contributed by atoms with Crippen molar-refractivity contribution in [2.24, 2.45) is 11.8 Å². The van der Waals surface area contributed by atoms with Gasteiger partial charge in [0.2, 0.25) is 0 Å². The van der Waals surface area contributed by atoms with Gasteiger partial charge >= 0.3 is 0 Å². The van der Waals surface area contributed by atoms with E-state index >= 15 is 0 Å². The summed E-state index contributed by atoms with van der Waals surface area (Å²) in [5.41, 5.74) is -0.0916. The fraction of sp³-hybridized carbons (Fsp3) is 0.684. The summed E-state index contributed by atoms with van der Waals surface area (Å²) in [6.07, 6.45) is 2.29.